The molecule has 0 spiro atoms. The molecule has 0 bridgehead atoms. The Labute approximate surface area is 123 Å². The normalized spacial score (nSPS) is 10.1. The molecule has 0 aliphatic rings. The van der Waals surface area contributed by atoms with E-state index >= 15 is 0 Å². The molecule has 4 heteroatoms. The van der Waals surface area contributed by atoms with Crippen molar-refractivity contribution in [2.45, 2.75) is 13.2 Å². The van der Waals surface area contributed by atoms with Crippen LogP contribution in [-0.2, 0) is 18.0 Å². The summed E-state index contributed by atoms with van der Waals surface area (Å²) in [5, 5.41) is 9.32. The van der Waals surface area contributed by atoms with Crippen molar-refractivity contribution in [1.82, 2.24) is 0 Å². The third-order valence-corrected chi connectivity index (χ3v) is 3.22. The first-order chi connectivity index (χ1) is 9.72. The average molecular weight is 288 g/mol. The Kier molecular flexibility index (Phi) is 5.00. The second kappa shape index (κ2) is 6.95. The molecule has 0 aromatic heterocycles. The molecular weight excluding hydrogens is 274 g/mol. The van der Waals surface area contributed by atoms with Gasteiger partial charge in [0.1, 0.15) is 5.75 Å². The van der Waals surface area contributed by atoms with Crippen molar-refractivity contribution >= 4 is 11.6 Å². The molecule has 102 valence electrons. The molecule has 0 fully saturated rings. The zero-order valence-electron chi connectivity index (χ0n) is 11.1. The van der Waals surface area contributed by atoms with Gasteiger partial charge in [-0.2, -0.15) is 5.26 Å². The number of nitrogens with zero attached hydrogens (tertiary/aromatic N) is 1. The molecule has 0 saturated carbocycles. The van der Waals surface area contributed by atoms with Crippen molar-refractivity contribution < 1.29 is 9.47 Å². The SMILES string of the molecule is COc1ccc(COCc2ccc(C#N)cc2Cl)cc1. The summed E-state index contributed by atoms with van der Waals surface area (Å²) in [4.78, 5) is 0. The van der Waals surface area contributed by atoms with Gasteiger partial charge in [-0.05, 0) is 35.4 Å². The van der Waals surface area contributed by atoms with Gasteiger partial charge in [-0.3, -0.25) is 0 Å². The van der Waals surface area contributed by atoms with Crippen LogP contribution in [0.25, 0.3) is 0 Å². The summed E-state index contributed by atoms with van der Waals surface area (Å²) in [5.41, 5.74) is 2.49. The van der Waals surface area contributed by atoms with E-state index < -0.39 is 0 Å². The number of halogens is 1. The van der Waals surface area contributed by atoms with Gasteiger partial charge in [0.2, 0.25) is 0 Å². The van der Waals surface area contributed by atoms with Gasteiger partial charge in [0.05, 0.1) is 32.0 Å². The molecule has 0 aliphatic carbocycles. The van der Waals surface area contributed by atoms with Gasteiger partial charge in [0.25, 0.3) is 0 Å². The summed E-state index contributed by atoms with van der Waals surface area (Å²) in [5.74, 6) is 0.823. The molecule has 0 saturated heterocycles. The minimum atomic E-state index is 0.413. The van der Waals surface area contributed by atoms with Gasteiger partial charge in [-0.25, -0.2) is 0 Å². The summed E-state index contributed by atoms with van der Waals surface area (Å²) < 4.78 is 10.7. The largest absolute Gasteiger partial charge is 0.497 e. The van der Waals surface area contributed by atoms with Crippen LogP contribution >= 0.6 is 11.6 Å². The van der Waals surface area contributed by atoms with Crippen LogP contribution in [0, 0.1) is 11.3 Å². The predicted molar refractivity (Wildman–Crippen MR) is 77.7 cm³/mol. The number of hydrogen-bond donors (Lipinski definition) is 0. The lowest BCUT2D eigenvalue weighted by molar-refractivity contribution is 0.107. The Balaban J connectivity index is 1.91. The summed E-state index contributed by atoms with van der Waals surface area (Å²) in [7, 11) is 1.64. The van der Waals surface area contributed by atoms with Crippen LogP contribution in [0.4, 0.5) is 0 Å². The summed E-state index contributed by atoms with van der Waals surface area (Å²) >= 11 is 6.08. The fourth-order valence-corrected chi connectivity index (χ4v) is 1.97. The quantitative estimate of drug-likeness (QED) is 0.836. The molecule has 0 heterocycles. The minimum absolute atomic E-state index is 0.413. The Morgan fingerprint density at radius 2 is 1.85 bits per heavy atom. The van der Waals surface area contributed by atoms with E-state index in [1.165, 1.54) is 0 Å². The molecule has 2 rings (SSSR count). The third-order valence-electron chi connectivity index (χ3n) is 2.87. The Bertz CT molecular complexity index is 617. The molecule has 3 nitrogen and oxygen atoms in total. The van der Waals surface area contributed by atoms with Crippen molar-refractivity contribution in [1.29, 1.82) is 5.26 Å². The van der Waals surface area contributed by atoms with Crippen LogP contribution < -0.4 is 4.74 Å². The maximum absolute atomic E-state index is 8.77. The van der Waals surface area contributed by atoms with Gasteiger partial charge in [0, 0.05) is 5.02 Å². The smallest absolute Gasteiger partial charge is 0.118 e. The highest BCUT2D eigenvalue weighted by molar-refractivity contribution is 6.31. The highest BCUT2D eigenvalue weighted by Crippen LogP contribution is 2.19. The molecule has 20 heavy (non-hydrogen) atoms. The standard InChI is InChI=1S/C16H14ClNO2/c1-19-15-6-3-12(4-7-15)10-20-11-14-5-2-13(9-18)8-16(14)17/h2-8H,10-11H2,1H3. The van der Waals surface area contributed by atoms with E-state index in [9.17, 15) is 0 Å². The molecule has 2 aromatic carbocycles. The van der Waals surface area contributed by atoms with Crippen molar-refractivity contribution in [2.75, 3.05) is 7.11 Å². The number of methoxy groups -OCH3 is 1. The molecule has 2 aromatic rings. The van der Waals surface area contributed by atoms with Crippen LogP contribution in [-0.4, -0.2) is 7.11 Å². The Morgan fingerprint density at radius 1 is 1.10 bits per heavy atom. The first kappa shape index (κ1) is 14.4. The molecule has 0 N–H and O–H groups in total. The summed E-state index contributed by atoms with van der Waals surface area (Å²) in [6.45, 7) is 0.914. The van der Waals surface area contributed by atoms with Gasteiger partial charge in [0.15, 0.2) is 0 Å². The highest BCUT2D eigenvalue weighted by Gasteiger charge is 2.02. The number of rotatable bonds is 5. The van der Waals surface area contributed by atoms with E-state index in [2.05, 4.69) is 6.07 Å². The maximum Gasteiger partial charge on any atom is 0.118 e. The maximum atomic E-state index is 8.77. The molecule has 0 amide bonds. The van der Waals surface area contributed by atoms with Crippen molar-refractivity contribution in [3.05, 3.63) is 64.2 Å². The average Bonchev–Trinajstić information content (AvgIpc) is 2.49. The first-order valence-corrected chi connectivity index (χ1v) is 6.50. The third kappa shape index (κ3) is 3.74. The van der Waals surface area contributed by atoms with Gasteiger partial charge < -0.3 is 9.47 Å². The van der Waals surface area contributed by atoms with E-state index in [1.54, 1.807) is 19.2 Å². The lowest BCUT2D eigenvalue weighted by Gasteiger charge is -2.07. The van der Waals surface area contributed by atoms with Crippen LogP contribution in [0.15, 0.2) is 42.5 Å². The molecule has 0 atom stereocenters. The lowest BCUT2D eigenvalue weighted by atomic mass is 10.1. The van der Waals surface area contributed by atoms with Crippen molar-refractivity contribution in [3.63, 3.8) is 0 Å². The van der Waals surface area contributed by atoms with E-state index in [1.807, 2.05) is 30.3 Å². The van der Waals surface area contributed by atoms with E-state index in [-0.39, 0.29) is 0 Å². The highest BCUT2D eigenvalue weighted by atomic mass is 35.5. The molecule has 0 unspecified atom stereocenters. The van der Waals surface area contributed by atoms with E-state index in [0.29, 0.717) is 23.8 Å². The second-order valence-corrected chi connectivity index (χ2v) is 4.67. The van der Waals surface area contributed by atoms with Gasteiger partial charge in [-0.1, -0.05) is 29.8 Å². The number of benzene rings is 2. The minimum Gasteiger partial charge on any atom is -0.497 e. The van der Waals surface area contributed by atoms with Crippen molar-refractivity contribution in [2.24, 2.45) is 0 Å². The summed E-state index contributed by atoms with van der Waals surface area (Å²) in [6, 6.07) is 15.0. The number of hydrogen-bond acceptors (Lipinski definition) is 3. The lowest BCUT2D eigenvalue weighted by Crippen LogP contribution is -1.95. The molecular formula is C16H14ClNO2. The van der Waals surface area contributed by atoms with Crippen LogP contribution in [0.1, 0.15) is 16.7 Å². The molecule has 0 radical (unpaired) electrons. The van der Waals surface area contributed by atoms with Crippen LogP contribution in [0.3, 0.4) is 0 Å². The first-order valence-electron chi connectivity index (χ1n) is 6.12. The second-order valence-electron chi connectivity index (χ2n) is 4.26. The van der Waals surface area contributed by atoms with Gasteiger partial charge >= 0.3 is 0 Å². The zero-order valence-corrected chi connectivity index (χ0v) is 11.9. The zero-order chi connectivity index (χ0) is 14.4. The molecule has 0 aliphatic heterocycles. The monoisotopic (exact) mass is 287 g/mol. The van der Waals surface area contributed by atoms with Crippen molar-refractivity contribution in [3.8, 4) is 11.8 Å². The van der Waals surface area contributed by atoms with Gasteiger partial charge in [-0.15, -0.1) is 0 Å². The predicted octanol–water partition coefficient (Wildman–Crippen LogP) is 3.94. The van der Waals surface area contributed by atoms with Crippen LogP contribution in [0.2, 0.25) is 5.02 Å². The van der Waals surface area contributed by atoms with E-state index in [4.69, 9.17) is 26.3 Å². The topological polar surface area (TPSA) is 42.2 Å². The fourth-order valence-electron chi connectivity index (χ4n) is 1.73. The van der Waals surface area contributed by atoms with Crippen LogP contribution in [0.5, 0.6) is 5.75 Å². The van der Waals surface area contributed by atoms with E-state index in [0.717, 1.165) is 16.9 Å². The Hall–Kier alpha value is -2.02. The summed E-state index contributed by atoms with van der Waals surface area (Å²) in [6.07, 6.45) is 0. The fraction of sp³-hybridized carbons (Fsp3) is 0.188. The number of ether oxygens (including phenoxy) is 2. The number of nitriles is 1. The Morgan fingerprint density at radius 3 is 2.45 bits per heavy atom.